The quantitative estimate of drug-likeness (QED) is 0.490. The number of carbonyl (C=O) groups is 2. The van der Waals surface area contributed by atoms with E-state index < -0.39 is 11.8 Å². The Morgan fingerprint density at radius 1 is 1.05 bits per heavy atom. The van der Waals surface area contributed by atoms with Gasteiger partial charge in [0.05, 0.1) is 12.7 Å². The summed E-state index contributed by atoms with van der Waals surface area (Å²) in [5, 5.41) is 0. The molecule has 2 rings (SSSR count). The van der Waals surface area contributed by atoms with Crippen LogP contribution in [0.25, 0.3) is 6.08 Å². The molecule has 2 aromatic carbocycles. The lowest BCUT2D eigenvalue weighted by atomic mass is 10.1. The van der Waals surface area contributed by atoms with Crippen molar-refractivity contribution in [3.63, 3.8) is 0 Å². The molecule has 4 heteroatoms. The molecule has 0 unspecified atom stereocenters. The van der Waals surface area contributed by atoms with Crippen molar-refractivity contribution < 1.29 is 18.7 Å². The van der Waals surface area contributed by atoms with Gasteiger partial charge in [0.25, 0.3) is 0 Å². The standard InChI is InChI=1S/C17H13FO3/c1-21-17(20)13-8-5-12(6-9-13)7-10-16(19)14-3-2-4-15(18)11-14/h2-11H,1H3/b10-7+. The highest BCUT2D eigenvalue weighted by molar-refractivity contribution is 6.06. The minimum Gasteiger partial charge on any atom is -0.465 e. The molecular weight excluding hydrogens is 271 g/mol. The first kappa shape index (κ1) is 14.7. The zero-order valence-electron chi connectivity index (χ0n) is 11.4. The third kappa shape index (κ3) is 3.86. The molecule has 0 spiro atoms. The lowest BCUT2D eigenvalue weighted by Crippen LogP contribution is -2.00. The second kappa shape index (κ2) is 6.61. The van der Waals surface area contributed by atoms with Gasteiger partial charge in [0.2, 0.25) is 0 Å². The van der Waals surface area contributed by atoms with Crippen LogP contribution in [0.4, 0.5) is 4.39 Å². The van der Waals surface area contributed by atoms with Crippen molar-refractivity contribution in [3.8, 4) is 0 Å². The summed E-state index contributed by atoms with van der Waals surface area (Å²) in [5.74, 6) is -1.15. The van der Waals surface area contributed by atoms with E-state index >= 15 is 0 Å². The molecule has 0 atom stereocenters. The SMILES string of the molecule is COC(=O)c1ccc(/C=C/C(=O)c2cccc(F)c2)cc1. The predicted molar refractivity (Wildman–Crippen MR) is 77.5 cm³/mol. The monoisotopic (exact) mass is 284 g/mol. The predicted octanol–water partition coefficient (Wildman–Crippen LogP) is 3.51. The zero-order valence-corrected chi connectivity index (χ0v) is 11.4. The third-order valence-corrected chi connectivity index (χ3v) is 2.87. The van der Waals surface area contributed by atoms with E-state index in [0.29, 0.717) is 5.56 Å². The van der Waals surface area contributed by atoms with E-state index in [9.17, 15) is 14.0 Å². The molecular formula is C17H13FO3. The number of benzene rings is 2. The molecule has 2 aromatic rings. The van der Waals surface area contributed by atoms with E-state index in [-0.39, 0.29) is 11.3 Å². The lowest BCUT2D eigenvalue weighted by Gasteiger charge is -1.99. The Hall–Kier alpha value is -2.75. The molecule has 0 radical (unpaired) electrons. The van der Waals surface area contributed by atoms with Crippen molar-refractivity contribution in [2.75, 3.05) is 7.11 Å². The van der Waals surface area contributed by atoms with Gasteiger partial charge in [-0.3, -0.25) is 4.79 Å². The molecule has 0 amide bonds. The van der Waals surface area contributed by atoms with Gasteiger partial charge in [0.1, 0.15) is 5.82 Å². The van der Waals surface area contributed by atoms with Crippen LogP contribution >= 0.6 is 0 Å². The van der Waals surface area contributed by atoms with E-state index in [1.54, 1.807) is 36.4 Å². The summed E-state index contributed by atoms with van der Waals surface area (Å²) in [5.41, 5.74) is 1.48. The Labute approximate surface area is 121 Å². The summed E-state index contributed by atoms with van der Waals surface area (Å²) in [4.78, 5) is 23.1. The number of esters is 1. The van der Waals surface area contributed by atoms with Gasteiger partial charge in [0.15, 0.2) is 5.78 Å². The minimum atomic E-state index is -0.448. The number of halogens is 1. The summed E-state index contributed by atoms with van der Waals surface area (Å²) in [7, 11) is 1.31. The van der Waals surface area contributed by atoms with Crippen LogP contribution in [0.1, 0.15) is 26.3 Å². The maximum atomic E-state index is 13.0. The van der Waals surface area contributed by atoms with Crippen LogP contribution in [-0.4, -0.2) is 18.9 Å². The highest BCUT2D eigenvalue weighted by Crippen LogP contribution is 2.10. The number of rotatable bonds is 4. The van der Waals surface area contributed by atoms with E-state index in [1.165, 1.54) is 31.4 Å². The number of ether oxygens (including phenoxy) is 1. The average Bonchev–Trinajstić information content (AvgIpc) is 2.52. The van der Waals surface area contributed by atoms with Gasteiger partial charge in [-0.1, -0.05) is 30.3 Å². The highest BCUT2D eigenvalue weighted by Gasteiger charge is 2.04. The molecule has 0 bridgehead atoms. The number of ketones is 1. The molecule has 0 heterocycles. The molecule has 0 aliphatic carbocycles. The molecule has 106 valence electrons. The van der Waals surface area contributed by atoms with Crippen molar-refractivity contribution in [1.29, 1.82) is 0 Å². The number of methoxy groups -OCH3 is 1. The molecule has 3 nitrogen and oxygen atoms in total. The van der Waals surface area contributed by atoms with Gasteiger partial charge in [0, 0.05) is 5.56 Å². The van der Waals surface area contributed by atoms with E-state index in [4.69, 9.17) is 0 Å². The van der Waals surface area contributed by atoms with Crippen LogP contribution in [0.5, 0.6) is 0 Å². The number of hydrogen-bond donors (Lipinski definition) is 0. The lowest BCUT2D eigenvalue weighted by molar-refractivity contribution is 0.0600. The smallest absolute Gasteiger partial charge is 0.337 e. The van der Waals surface area contributed by atoms with Crippen LogP contribution < -0.4 is 0 Å². The molecule has 0 aromatic heterocycles. The minimum absolute atomic E-state index is 0.286. The fraction of sp³-hybridized carbons (Fsp3) is 0.0588. The Balaban J connectivity index is 2.10. The summed E-state index contributed by atoms with van der Waals surface area (Å²) < 4.78 is 17.6. The first-order chi connectivity index (χ1) is 10.1. The van der Waals surface area contributed by atoms with Gasteiger partial charge >= 0.3 is 5.97 Å². The Kier molecular flexibility index (Phi) is 4.61. The summed E-state index contributed by atoms with van der Waals surface area (Å²) in [6, 6.07) is 12.1. The van der Waals surface area contributed by atoms with E-state index in [1.807, 2.05) is 0 Å². The van der Waals surface area contributed by atoms with Crippen molar-refractivity contribution >= 4 is 17.8 Å². The number of allylic oxidation sites excluding steroid dienone is 1. The van der Waals surface area contributed by atoms with Gasteiger partial charge in [-0.15, -0.1) is 0 Å². The van der Waals surface area contributed by atoms with Gasteiger partial charge in [-0.05, 0) is 35.9 Å². The Bertz CT molecular complexity index is 687. The Morgan fingerprint density at radius 2 is 1.76 bits per heavy atom. The number of hydrogen-bond acceptors (Lipinski definition) is 3. The fourth-order valence-electron chi connectivity index (χ4n) is 1.76. The van der Waals surface area contributed by atoms with Gasteiger partial charge in [-0.25, -0.2) is 9.18 Å². The third-order valence-electron chi connectivity index (χ3n) is 2.87. The second-order valence-corrected chi connectivity index (χ2v) is 4.32. The molecule has 0 fully saturated rings. The molecule has 0 aliphatic heterocycles. The van der Waals surface area contributed by atoms with Crippen LogP contribution in [0.3, 0.4) is 0 Å². The van der Waals surface area contributed by atoms with Crippen LogP contribution in [-0.2, 0) is 4.74 Å². The van der Waals surface area contributed by atoms with Crippen molar-refractivity contribution in [3.05, 3.63) is 77.1 Å². The fourth-order valence-corrected chi connectivity index (χ4v) is 1.76. The van der Waals surface area contributed by atoms with Crippen molar-refractivity contribution in [2.24, 2.45) is 0 Å². The van der Waals surface area contributed by atoms with Gasteiger partial charge < -0.3 is 4.74 Å². The summed E-state index contributed by atoms with van der Waals surface area (Å²) >= 11 is 0. The Morgan fingerprint density at radius 3 is 2.38 bits per heavy atom. The molecule has 0 saturated carbocycles. The molecule has 21 heavy (non-hydrogen) atoms. The van der Waals surface area contributed by atoms with Crippen molar-refractivity contribution in [2.45, 2.75) is 0 Å². The van der Waals surface area contributed by atoms with Gasteiger partial charge in [-0.2, -0.15) is 0 Å². The highest BCUT2D eigenvalue weighted by atomic mass is 19.1. The molecule has 0 aliphatic rings. The maximum Gasteiger partial charge on any atom is 0.337 e. The van der Waals surface area contributed by atoms with Crippen molar-refractivity contribution in [1.82, 2.24) is 0 Å². The largest absolute Gasteiger partial charge is 0.465 e. The van der Waals surface area contributed by atoms with Crippen LogP contribution in [0, 0.1) is 5.82 Å². The van der Waals surface area contributed by atoms with E-state index in [0.717, 1.165) is 5.56 Å². The first-order valence-electron chi connectivity index (χ1n) is 6.26. The summed E-state index contributed by atoms with van der Waals surface area (Å²) in [6.45, 7) is 0. The van der Waals surface area contributed by atoms with Crippen LogP contribution in [0.15, 0.2) is 54.6 Å². The zero-order chi connectivity index (χ0) is 15.2. The summed E-state index contributed by atoms with van der Waals surface area (Å²) in [6.07, 6.45) is 2.97. The second-order valence-electron chi connectivity index (χ2n) is 4.32. The molecule has 0 saturated heterocycles. The van der Waals surface area contributed by atoms with Crippen LogP contribution in [0.2, 0.25) is 0 Å². The topological polar surface area (TPSA) is 43.4 Å². The normalized spacial score (nSPS) is 10.6. The van der Waals surface area contributed by atoms with E-state index in [2.05, 4.69) is 4.74 Å². The first-order valence-corrected chi connectivity index (χ1v) is 6.26. The number of carbonyl (C=O) groups excluding carboxylic acids is 2. The maximum absolute atomic E-state index is 13.0. The molecule has 0 N–H and O–H groups in total. The average molecular weight is 284 g/mol.